The summed E-state index contributed by atoms with van der Waals surface area (Å²) < 4.78 is -2.15. The summed E-state index contributed by atoms with van der Waals surface area (Å²) in [6.07, 6.45) is 0. The van der Waals surface area contributed by atoms with Crippen LogP contribution in [0, 0.1) is 5.41 Å². The van der Waals surface area contributed by atoms with Crippen LogP contribution in [-0.4, -0.2) is 26.8 Å². The van der Waals surface area contributed by atoms with E-state index in [-0.39, 0.29) is 0 Å². The van der Waals surface area contributed by atoms with Crippen LogP contribution in [0.1, 0.15) is 20.8 Å². The van der Waals surface area contributed by atoms with Gasteiger partial charge in [0.1, 0.15) is 6.04 Å². The second kappa shape index (κ2) is 4.76. The average molecular weight is 277 g/mol. The fraction of sp³-hybridized carbons (Fsp3) is 0.750. The lowest BCUT2D eigenvalue weighted by molar-refractivity contribution is -0.144. The first-order valence-electron chi connectivity index (χ1n) is 4.06. The molecule has 0 spiro atoms. The molecule has 1 amide bonds. The zero-order chi connectivity index (χ0) is 12.4. The lowest BCUT2D eigenvalue weighted by atomic mass is 9.87. The molecule has 1 atom stereocenters. The van der Waals surface area contributed by atoms with Crippen LogP contribution in [0.2, 0.25) is 0 Å². The van der Waals surface area contributed by atoms with E-state index >= 15 is 0 Å². The Balaban J connectivity index is 4.74. The van der Waals surface area contributed by atoms with E-state index in [0.29, 0.717) is 0 Å². The Morgan fingerprint density at radius 2 is 1.60 bits per heavy atom. The molecule has 0 fully saturated rings. The number of alkyl halides is 3. The highest BCUT2D eigenvalue weighted by atomic mass is 35.6. The molecule has 2 N–H and O–H groups in total. The van der Waals surface area contributed by atoms with Crippen LogP contribution in [0.3, 0.4) is 0 Å². The number of nitrogens with one attached hydrogen (secondary N) is 1. The monoisotopic (exact) mass is 275 g/mol. The molecular formula is C8H12Cl3NO3. The molecular weight excluding hydrogens is 264 g/mol. The summed E-state index contributed by atoms with van der Waals surface area (Å²) in [6.45, 7) is 4.97. The third-order valence-electron chi connectivity index (χ3n) is 1.65. The van der Waals surface area contributed by atoms with Crippen molar-refractivity contribution >= 4 is 46.7 Å². The molecule has 0 saturated carbocycles. The molecule has 0 radical (unpaired) electrons. The van der Waals surface area contributed by atoms with Gasteiger partial charge in [0.25, 0.3) is 9.70 Å². The fourth-order valence-corrected chi connectivity index (χ4v) is 1.03. The smallest absolute Gasteiger partial charge is 0.326 e. The van der Waals surface area contributed by atoms with Gasteiger partial charge in [0, 0.05) is 0 Å². The predicted octanol–water partition coefficient (Wildman–Crippen LogP) is 1.97. The molecule has 7 heteroatoms. The average Bonchev–Trinajstić information content (AvgIpc) is 1.94. The second-order valence-electron chi connectivity index (χ2n) is 4.11. The van der Waals surface area contributed by atoms with Crippen molar-refractivity contribution in [3.8, 4) is 0 Å². The first-order valence-corrected chi connectivity index (χ1v) is 5.20. The van der Waals surface area contributed by atoms with Crippen LogP contribution in [-0.2, 0) is 9.59 Å². The zero-order valence-electron chi connectivity index (χ0n) is 8.47. The van der Waals surface area contributed by atoms with Crippen molar-refractivity contribution in [2.75, 3.05) is 0 Å². The van der Waals surface area contributed by atoms with Gasteiger partial charge in [0.2, 0.25) is 0 Å². The third-order valence-corrected chi connectivity index (χ3v) is 2.16. The van der Waals surface area contributed by atoms with Crippen molar-refractivity contribution in [3.63, 3.8) is 0 Å². The Morgan fingerprint density at radius 1 is 1.20 bits per heavy atom. The largest absolute Gasteiger partial charge is 0.480 e. The van der Waals surface area contributed by atoms with Gasteiger partial charge in [-0.15, -0.1) is 0 Å². The minimum Gasteiger partial charge on any atom is -0.480 e. The third kappa shape index (κ3) is 4.91. The number of hydrogen-bond donors (Lipinski definition) is 2. The molecule has 0 aromatic rings. The van der Waals surface area contributed by atoms with Crippen LogP contribution in [0.15, 0.2) is 0 Å². The van der Waals surface area contributed by atoms with Gasteiger partial charge in [-0.3, -0.25) is 4.79 Å². The maximum Gasteiger partial charge on any atom is 0.326 e. The molecule has 4 nitrogen and oxygen atoms in total. The Morgan fingerprint density at radius 3 is 1.80 bits per heavy atom. The van der Waals surface area contributed by atoms with E-state index in [1.54, 1.807) is 20.8 Å². The Bertz CT molecular complexity index is 267. The van der Waals surface area contributed by atoms with E-state index < -0.39 is 27.1 Å². The molecule has 0 aromatic heterocycles. The topological polar surface area (TPSA) is 66.4 Å². The number of aliphatic carboxylic acids is 1. The van der Waals surface area contributed by atoms with E-state index in [0.717, 1.165) is 0 Å². The van der Waals surface area contributed by atoms with Crippen molar-refractivity contribution < 1.29 is 14.7 Å². The van der Waals surface area contributed by atoms with Gasteiger partial charge in [-0.1, -0.05) is 55.6 Å². The highest BCUT2D eigenvalue weighted by molar-refractivity contribution is 6.76. The van der Waals surface area contributed by atoms with Crippen LogP contribution >= 0.6 is 34.8 Å². The summed E-state index contributed by atoms with van der Waals surface area (Å²) in [6, 6.07) is -1.11. The molecule has 15 heavy (non-hydrogen) atoms. The van der Waals surface area contributed by atoms with Gasteiger partial charge in [0.15, 0.2) is 0 Å². The van der Waals surface area contributed by atoms with Gasteiger partial charge in [-0.25, -0.2) is 4.79 Å². The Labute approximate surface area is 103 Å². The van der Waals surface area contributed by atoms with Crippen LogP contribution < -0.4 is 5.32 Å². The van der Waals surface area contributed by atoms with Crippen LogP contribution in [0.5, 0.6) is 0 Å². The summed E-state index contributed by atoms with van der Waals surface area (Å²) in [5, 5.41) is 11.0. The normalized spacial score (nSPS) is 14.5. The quantitative estimate of drug-likeness (QED) is 0.758. The van der Waals surface area contributed by atoms with Crippen LogP contribution in [0.4, 0.5) is 0 Å². The van der Waals surface area contributed by atoms with E-state index in [9.17, 15) is 9.59 Å². The zero-order valence-corrected chi connectivity index (χ0v) is 10.7. The maximum atomic E-state index is 11.3. The SMILES string of the molecule is CC(C)(C)[C@H](NC(=O)C(Cl)(Cl)Cl)C(=O)O. The number of amides is 1. The Hall–Kier alpha value is -0.190. The van der Waals surface area contributed by atoms with Crippen molar-refractivity contribution in [1.29, 1.82) is 0 Å². The van der Waals surface area contributed by atoms with E-state index in [4.69, 9.17) is 39.9 Å². The molecule has 0 bridgehead atoms. The minimum atomic E-state index is -2.15. The number of hydrogen-bond acceptors (Lipinski definition) is 2. The minimum absolute atomic E-state index is 0.669. The number of carboxylic acid groups (broad SMARTS) is 1. The first kappa shape index (κ1) is 14.8. The first-order chi connectivity index (χ1) is 6.46. The molecule has 0 aliphatic rings. The lowest BCUT2D eigenvalue weighted by Crippen LogP contribution is -2.52. The Kier molecular flexibility index (Phi) is 4.70. The standard InChI is InChI=1S/C8H12Cl3NO3/c1-7(2,3)4(5(13)14)12-6(15)8(9,10)11/h4H,1-3H3,(H,12,15)(H,13,14)/t4-/m1/s1. The van der Waals surface area contributed by atoms with Crippen molar-refractivity contribution in [2.45, 2.75) is 30.6 Å². The van der Waals surface area contributed by atoms with Gasteiger partial charge < -0.3 is 10.4 Å². The van der Waals surface area contributed by atoms with Gasteiger partial charge in [-0.2, -0.15) is 0 Å². The van der Waals surface area contributed by atoms with E-state index in [2.05, 4.69) is 5.32 Å². The van der Waals surface area contributed by atoms with Gasteiger partial charge in [0.05, 0.1) is 0 Å². The predicted molar refractivity (Wildman–Crippen MR) is 59.3 cm³/mol. The molecule has 0 unspecified atom stereocenters. The summed E-state index contributed by atoms with van der Waals surface area (Å²) >= 11 is 15.9. The fourth-order valence-electron chi connectivity index (χ4n) is 0.862. The number of halogens is 3. The molecule has 0 saturated heterocycles. The van der Waals surface area contributed by atoms with Gasteiger partial charge >= 0.3 is 5.97 Å². The van der Waals surface area contributed by atoms with Gasteiger partial charge in [-0.05, 0) is 5.41 Å². The number of carbonyl (C=O) groups is 2. The number of carbonyl (C=O) groups excluding carboxylic acids is 1. The molecule has 0 heterocycles. The van der Waals surface area contributed by atoms with E-state index in [1.807, 2.05) is 0 Å². The molecule has 0 aromatic carbocycles. The number of carboxylic acids is 1. The summed E-state index contributed by atoms with van der Waals surface area (Å²) in [4.78, 5) is 22.1. The molecule has 0 aliphatic heterocycles. The summed E-state index contributed by atoms with van der Waals surface area (Å²) in [7, 11) is 0. The van der Waals surface area contributed by atoms with Crippen LogP contribution in [0.25, 0.3) is 0 Å². The van der Waals surface area contributed by atoms with E-state index in [1.165, 1.54) is 0 Å². The second-order valence-corrected chi connectivity index (χ2v) is 6.39. The summed E-state index contributed by atoms with van der Waals surface area (Å²) in [5.74, 6) is -2.13. The lowest BCUT2D eigenvalue weighted by Gasteiger charge is -2.28. The maximum absolute atomic E-state index is 11.3. The van der Waals surface area contributed by atoms with Crippen molar-refractivity contribution in [3.05, 3.63) is 0 Å². The number of rotatable bonds is 2. The van der Waals surface area contributed by atoms with Crippen molar-refractivity contribution in [2.24, 2.45) is 5.41 Å². The highest BCUT2D eigenvalue weighted by Gasteiger charge is 2.38. The van der Waals surface area contributed by atoms with Crippen molar-refractivity contribution in [1.82, 2.24) is 5.32 Å². The molecule has 0 rings (SSSR count). The molecule has 88 valence electrons. The highest BCUT2D eigenvalue weighted by Crippen LogP contribution is 2.27. The summed E-state index contributed by atoms with van der Waals surface area (Å²) in [5.41, 5.74) is -0.669. The molecule has 0 aliphatic carbocycles.